The Hall–Kier alpha value is -1.03. The molecule has 16 heavy (non-hydrogen) atoms. The van der Waals surface area contributed by atoms with Gasteiger partial charge in [-0.25, -0.2) is 0 Å². The summed E-state index contributed by atoms with van der Waals surface area (Å²) in [6.45, 7) is 3.61. The lowest BCUT2D eigenvalue weighted by Crippen LogP contribution is -2.27. The van der Waals surface area contributed by atoms with Gasteiger partial charge in [0.2, 0.25) is 0 Å². The number of nitrogens with two attached hydrogens (primary N) is 1. The number of rotatable bonds is 3. The number of alkyl halides is 3. The summed E-state index contributed by atoms with van der Waals surface area (Å²) >= 11 is 0. The smallest absolute Gasteiger partial charge is 0.327 e. The summed E-state index contributed by atoms with van der Waals surface area (Å²) < 4.78 is 38.2. The van der Waals surface area contributed by atoms with E-state index in [1.54, 1.807) is 13.0 Å². The van der Waals surface area contributed by atoms with Crippen LogP contribution in [0.4, 0.5) is 13.2 Å². The molecule has 0 heterocycles. The molecule has 4 heteroatoms. The Kier molecular flexibility index (Phi) is 3.97. The van der Waals surface area contributed by atoms with Crippen molar-refractivity contribution in [2.75, 3.05) is 0 Å². The van der Waals surface area contributed by atoms with E-state index in [2.05, 4.69) is 0 Å². The lowest BCUT2D eigenvalue weighted by atomic mass is 9.89. The number of benzene rings is 1. The average molecular weight is 231 g/mol. The monoisotopic (exact) mass is 231 g/mol. The quantitative estimate of drug-likeness (QED) is 0.845. The number of halogens is 3. The van der Waals surface area contributed by atoms with Crippen molar-refractivity contribution in [2.24, 2.45) is 5.73 Å². The summed E-state index contributed by atoms with van der Waals surface area (Å²) in [6, 6.07) is 5.38. The molecule has 1 aromatic carbocycles. The molecule has 0 spiro atoms. The lowest BCUT2D eigenvalue weighted by Gasteiger charge is -2.22. The van der Waals surface area contributed by atoms with Crippen molar-refractivity contribution in [3.63, 3.8) is 0 Å². The molecule has 0 aliphatic rings. The fourth-order valence-electron chi connectivity index (χ4n) is 1.74. The van der Waals surface area contributed by atoms with E-state index in [0.29, 0.717) is 6.42 Å². The van der Waals surface area contributed by atoms with Crippen molar-refractivity contribution >= 4 is 0 Å². The molecule has 0 aliphatic heterocycles. The Morgan fingerprint density at radius 2 is 1.81 bits per heavy atom. The molecule has 0 aromatic heterocycles. The highest BCUT2D eigenvalue weighted by atomic mass is 19.4. The van der Waals surface area contributed by atoms with Gasteiger partial charge >= 0.3 is 6.18 Å². The normalized spacial score (nSPS) is 15.9. The van der Waals surface area contributed by atoms with Crippen LogP contribution in [-0.2, 0) is 6.18 Å². The second-order valence-corrected chi connectivity index (χ2v) is 3.95. The highest BCUT2D eigenvalue weighted by Crippen LogP contribution is 2.35. The third kappa shape index (κ3) is 2.76. The van der Waals surface area contributed by atoms with Crippen LogP contribution in [0.3, 0.4) is 0 Å². The van der Waals surface area contributed by atoms with E-state index in [0.717, 1.165) is 6.07 Å². The molecule has 0 amide bonds. The van der Waals surface area contributed by atoms with Gasteiger partial charge in [-0.1, -0.05) is 32.0 Å². The molecule has 2 N–H and O–H groups in total. The fraction of sp³-hybridized carbons (Fsp3) is 0.500. The van der Waals surface area contributed by atoms with Gasteiger partial charge in [-0.3, -0.25) is 0 Å². The maximum absolute atomic E-state index is 12.7. The van der Waals surface area contributed by atoms with Gasteiger partial charge in [0, 0.05) is 6.04 Å². The van der Waals surface area contributed by atoms with Gasteiger partial charge in [0.05, 0.1) is 5.56 Å². The van der Waals surface area contributed by atoms with Crippen LogP contribution >= 0.6 is 0 Å². The Bertz CT molecular complexity index is 346. The topological polar surface area (TPSA) is 26.0 Å². The van der Waals surface area contributed by atoms with E-state index in [1.807, 2.05) is 6.92 Å². The molecule has 0 saturated heterocycles. The molecular weight excluding hydrogens is 215 g/mol. The zero-order valence-corrected chi connectivity index (χ0v) is 9.38. The summed E-state index contributed by atoms with van der Waals surface area (Å²) in [5, 5.41) is 0. The van der Waals surface area contributed by atoms with Crippen molar-refractivity contribution in [3.8, 4) is 0 Å². The number of hydrogen-bond acceptors (Lipinski definition) is 1. The third-order valence-electron chi connectivity index (χ3n) is 2.87. The summed E-state index contributed by atoms with van der Waals surface area (Å²) in [4.78, 5) is 0. The van der Waals surface area contributed by atoms with Gasteiger partial charge in [0.25, 0.3) is 0 Å². The lowest BCUT2D eigenvalue weighted by molar-refractivity contribution is -0.138. The Balaban J connectivity index is 3.13. The highest BCUT2D eigenvalue weighted by Gasteiger charge is 2.34. The second kappa shape index (κ2) is 4.87. The zero-order valence-electron chi connectivity index (χ0n) is 9.38. The Labute approximate surface area is 93.5 Å². The maximum atomic E-state index is 12.7. The van der Waals surface area contributed by atoms with Crippen LogP contribution in [0.2, 0.25) is 0 Å². The fourth-order valence-corrected chi connectivity index (χ4v) is 1.74. The summed E-state index contributed by atoms with van der Waals surface area (Å²) in [6.07, 6.45) is -3.65. The van der Waals surface area contributed by atoms with Crippen molar-refractivity contribution in [1.29, 1.82) is 0 Å². The van der Waals surface area contributed by atoms with Crippen LogP contribution in [0.25, 0.3) is 0 Å². The van der Waals surface area contributed by atoms with Crippen LogP contribution in [0.5, 0.6) is 0 Å². The molecular formula is C12H16F3N. The van der Waals surface area contributed by atoms with Gasteiger partial charge < -0.3 is 5.73 Å². The molecule has 90 valence electrons. The minimum absolute atomic E-state index is 0.247. The highest BCUT2D eigenvalue weighted by molar-refractivity contribution is 5.33. The van der Waals surface area contributed by atoms with E-state index < -0.39 is 11.7 Å². The Morgan fingerprint density at radius 1 is 1.25 bits per heavy atom. The minimum Gasteiger partial charge on any atom is -0.327 e. The summed E-state index contributed by atoms with van der Waals surface area (Å²) in [5.74, 6) is -0.289. The van der Waals surface area contributed by atoms with Crippen molar-refractivity contribution in [3.05, 3.63) is 35.4 Å². The van der Waals surface area contributed by atoms with Gasteiger partial charge in [0.15, 0.2) is 0 Å². The van der Waals surface area contributed by atoms with Crippen LogP contribution in [0.1, 0.15) is 37.3 Å². The van der Waals surface area contributed by atoms with E-state index in [-0.39, 0.29) is 17.5 Å². The SMILES string of the molecule is CCC(N)C(C)c1ccccc1C(F)(F)F. The largest absolute Gasteiger partial charge is 0.416 e. The number of hydrogen-bond donors (Lipinski definition) is 1. The zero-order chi connectivity index (χ0) is 12.3. The van der Waals surface area contributed by atoms with Gasteiger partial charge in [-0.15, -0.1) is 0 Å². The first-order chi connectivity index (χ1) is 7.38. The molecule has 2 atom stereocenters. The second-order valence-electron chi connectivity index (χ2n) is 3.95. The van der Waals surface area contributed by atoms with Crippen LogP contribution in [0.15, 0.2) is 24.3 Å². The molecule has 0 radical (unpaired) electrons. The molecule has 1 nitrogen and oxygen atoms in total. The van der Waals surface area contributed by atoms with E-state index in [1.165, 1.54) is 12.1 Å². The molecule has 0 fully saturated rings. The summed E-state index contributed by atoms with van der Waals surface area (Å²) in [7, 11) is 0. The first-order valence-corrected chi connectivity index (χ1v) is 5.29. The molecule has 1 aromatic rings. The van der Waals surface area contributed by atoms with Gasteiger partial charge in [0.1, 0.15) is 0 Å². The first kappa shape index (κ1) is 13.0. The third-order valence-corrected chi connectivity index (χ3v) is 2.87. The average Bonchev–Trinajstić information content (AvgIpc) is 2.26. The van der Waals surface area contributed by atoms with Crippen LogP contribution < -0.4 is 5.73 Å². The van der Waals surface area contributed by atoms with Gasteiger partial charge in [-0.2, -0.15) is 13.2 Å². The first-order valence-electron chi connectivity index (χ1n) is 5.29. The predicted octanol–water partition coefficient (Wildman–Crippen LogP) is 3.55. The minimum atomic E-state index is -4.31. The molecule has 0 bridgehead atoms. The molecule has 2 unspecified atom stereocenters. The van der Waals surface area contributed by atoms with Crippen LogP contribution in [0, 0.1) is 0 Å². The van der Waals surface area contributed by atoms with Crippen molar-refractivity contribution in [2.45, 2.75) is 38.4 Å². The van der Waals surface area contributed by atoms with Crippen molar-refractivity contribution < 1.29 is 13.2 Å². The van der Waals surface area contributed by atoms with Crippen LogP contribution in [-0.4, -0.2) is 6.04 Å². The van der Waals surface area contributed by atoms with Crippen molar-refractivity contribution in [1.82, 2.24) is 0 Å². The maximum Gasteiger partial charge on any atom is 0.416 e. The summed E-state index contributed by atoms with van der Waals surface area (Å²) in [5.41, 5.74) is 5.50. The molecule has 0 aliphatic carbocycles. The standard InChI is InChI=1S/C12H16F3N/c1-3-11(16)8(2)9-6-4-5-7-10(9)12(13,14)15/h4-8,11H,3,16H2,1-2H3. The van der Waals surface area contributed by atoms with E-state index in [9.17, 15) is 13.2 Å². The molecule has 1 rings (SSSR count). The van der Waals surface area contributed by atoms with E-state index in [4.69, 9.17) is 5.73 Å². The Morgan fingerprint density at radius 3 is 2.31 bits per heavy atom. The predicted molar refractivity (Wildman–Crippen MR) is 58.1 cm³/mol. The van der Waals surface area contributed by atoms with E-state index >= 15 is 0 Å². The van der Waals surface area contributed by atoms with Gasteiger partial charge in [-0.05, 0) is 24.0 Å². The molecule has 0 saturated carbocycles.